The van der Waals surface area contributed by atoms with E-state index in [0.29, 0.717) is 13.0 Å². The number of amides is 1. The number of nitrogens with zero attached hydrogens (tertiary/aromatic N) is 1. The van der Waals surface area contributed by atoms with Gasteiger partial charge in [0.15, 0.2) is 6.29 Å². The molecule has 0 radical (unpaired) electrons. The maximum Gasteiger partial charge on any atom is 0.223 e. The Labute approximate surface area is 110 Å². The van der Waals surface area contributed by atoms with Crippen LogP contribution in [0.2, 0.25) is 0 Å². The van der Waals surface area contributed by atoms with Gasteiger partial charge in [0, 0.05) is 40.3 Å². The van der Waals surface area contributed by atoms with Gasteiger partial charge in [0.1, 0.15) is 0 Å². The molecule has 1 saturated heterocycles. The molecule has 0 aromatic carbocycles. The first kappa shape index (κ1) is 15.4. The number of rotatable bonds is 7. The van der Waals surface area contributed by atoms with E-state index in [2.05, 4.69) is 5.32 Å². The highest BCUT2D eigenvalue weighted by atomic mass is 16.7. The van der Waals surface area contributed by atoms with Gasteiger partial charge in [0.05, 0.1) is 6.04 Å². The zero-order valence-electron chi connectivity index (χ0n) is 11.8. The molecule has 0 bridgehead atoms. The van der Waals surface area contributed by atoms with E-state index in [9.17, 15) is 4.79 Å². The molecule has 106 valence electrons. The van der Waals surface area contributed by atoms with Crippen molar-refractivity contribution in [3.63, 3.8) is 0 Å². The second-order valence-electron chi connectivity index (χ2n) is 4.77. The van der Waals surface area contributed by atoms with Gasteiger partial charge in [-0.05, 0) is 26.2 Å². The van der Waals surface area contributed by atoms with Crippen molar-refractivity contribution in [3.8, 4) is 0 Å². The Balaban J connectivity index is 2.18. The van der Waals surface area contributed by atoms with Crippen LogP contribution in [0.25, 0.3) is 0 Å². The van der Waals surface area contributed by atoms with E-state index in [0.717, 1.165) is 25.9 Å². The van der Waals surface area contributed by atoms with Crippen molar-refractivity contribution < 1.29 is 14.3 Å². The predicted octanol–water partition coefficient (Wildman–Crippen LogP) is 0.986. The van der Waals surface area contributed by atoms with E-state index in [4.69, 9.17) is 9.47 Å². The summed E-state index contributed by atoms with van der Waals surface area (Å²) in [4.78, 5) is 13.9. The number of methoxy groups -OCH3 is 2. The second kappa shape index (κ2) is 8.45. The number of ether oxygens (including phenoxy) is 2. The summed E-state index contributed by atoms with van der Waals surface area (Å²) in [5.41, 5.74) is 0. The van der Waals surface area contributed by atoms with Crippen molar-refractivity contribution in [2.24, 2.45) is 0 Å². The first-order valence-corrected chi connectivity index (χ1v) is 6.75. The third-order valence-electron chi connectivity index (χ3n) is 3.39. The number of likely N-dealkylation sites (tertiary alicyclic amines) is 1. The highest BCUT2D eigenvalue weighted by Crippen LogP contribution is 2.09. The molecule has 1 atom stereocenters. The van der Waals surface area contributed by atoms with Crippen LogP contribution < -0.4 is 5.32 Å². The Kier molecular flexibility index (Phi) is 7.23. The van der Waals surface area contributed by atoms with E-state index in [-0.39, 0.29) is 18.2 Å². The molecule has 0 aromatic rings. The van der Waals surface area contributed by atoms with E-state index < -0.39 is 0 Å². The molecule has 1 fully saturated rings. The molecule has 0 spiro atoms. The normalized spacial score (nSPS) is 18.1. The van der Waals surface area contributed by atoms with Crippen LogP contribution >= 0.6 is 0 Å². The van der Waals surface area contributed by atoms with Crippen LogP contribution in [-0.2, 0) is 14.3 Å². The lowest BCUT2D eigenvalue weighted by Gasteiger charge is -2.27. The van der Waals surface area contributed by atoms with Crippen molar-refractivity contribution in [2.45, 2.75) is 44.9 Å². The molecule has 5 nitrogen and oxygen atoms in total. The summed E-state index contributed by atoms with van der Waals surface area (Å²) in [7, 11) is 3.23. The van der Waals surface area contributed by atoms with E-state index in [1.807, 2.05) is 11.8 Å². The summed E-state index contributed by atoms with van der Waals surface area (Å²) in [6.45, 7) is 4.50. The molecule has 1 N–H and O–H groups in total. The van der Waals surface area contributed by atoms with Crippen LogP contribution in [0.4, 0.5) is 0 Å². The van der Waals surface area contributed by atoms with Gasteiger partial charge < -0.3 is 19.7 Å². The van der Waals surface area contributed by atoms with E-state index in [1.54, 1.807) is 14.2 Å². The lowest BCUT2D eigenvalue weighted by molar-refractivity contribution is -0.132. The fourth-order valence-electron chi connectivity index (χ4n) is 2.31. The summed E-state index contributed by atoms with van der Waals surface area (Å²) < 4.78 is 10.3. The Morgan fingerprint density at radius 3 is 2.39 bits per heavy atom. The molecule has 1 aliphatic heterocycles. The van der Waals surface area contributed by atoms with Gasteiger partial charge in [-0.1, -0.05) is 0 Å². The predicted molar refractivity (Wildman–Crippen MR) is 70.3 cm³/mol. The molecule has 1 heterocycles. The average Bonchev–Trinajstić information content (AvgIpc) is 2.41. The number of piperidine rings is 1. The van der Waals surface area contributed by atoms with E-state index in [1.165, 1.54) is 6.42 Å². The summed E-state index contributed by atoms with van der Waals surface area (Å²) in [6.07, 6.45) is 3.82. The highest BCUT2D eigenvalue weighted by molar-refractivity contribution is 5.76. The molecule has 18 heavy (non-hydrogen) atoms. The molecule has 5 heteroatoms. The lowest BCUT2D eigenvalue weighted by atomic mass is 10.1. The van der Waals surface area contributed by atoms with Crippen molar-refractivity contribution in [2.75, 3.05) is 33.9 Å². The lowest BCUT2D eigenvalue weighted by Crippen LogP contribution is -2.42. The van der Waals surface area contributed by atoms with Crippen LogP contribution in [0.3, 0.4) is 0 Å². The topological polar surface area (TPSA) is 50.8 Å². The van der Waals surface area contributed by atoms with Crippen molar-refractivity contribution in [1.29, 1.82) is 0 Å². The number of carbonyl (C=O) groups is 1. The van der Waals surface area contributed by atoms with Crippen LogP contribution in [-0.4, -0.2) is 57.0 Å². The number of hydrogen-bond acceptors (Lipinski definition) is 4. The molecule has 1 rings (SSSR count). The molecule has 1 amide bonds. The third kappa shape index (κ3) is 4.92. The fourth-order valence-corrected chi connectivity index (χ4v) is 2.31. The van der Waals surface area contributed by atoms with Crippen LogP contribution in [0.1, 0.15) is 32.6 Å². The Morgan fingerprint density at radius 1 is 1.22 bits per heavy atom. The molecule has 0 aliphatic carbocycles. The van der Waals surface area contributed by atoms with Crippen LogP contribution in [0, 0.1) is 0 Å². The van der Waals surface area contributed by atoms with E-state index >= 15 is 0 Å². The summed E-state index contributed by atoms with van der Waals surface area (Å²) in [5.74, 6) is 0.251. The molecule has 1 aliphatic rings. The zero-order valence-corrected chi connectivity index (χ0v) is 11.8. The van der Waals surface area contributed by atoms with Crippen LogP contribution in [0.5, 0.6) is 0 Å². The quantitative estimate of drug-likeness (QED) is 0.692. The SMILES string of the molecule is COC(OC)C(C)NCCC(=O)N1CCCCC1. The Bertz CT molecular complexity index is 238. The third-order valence-corrected chi connectivity index (χ3v) is 3.39. The summed E-state index contributed by atoms with van der Waals surface area (Å²) >= 11 is 0. The summed E-state index contributed by atoms with van der Waals surface area (Å²) in [6, 6.07) is 0.0779. The maximum atomic E-state index is 11.9. The largest absolute Gasteiger partial charge is 0.354 e. The first-order valence-electron chi connectivity index (χ1n) is 6.75. The van der Waals surface area contributed by atoms with Gasteiger partial charge in [-0.2, -0.15) is 0 Å². The van der Waals surface area contributed by atoms with Crippen molar-refractivity contribution in [3.05, 3.63) is 0 Å². The molecular weight excluding hydrogens is 232 g/mol. The molecular formula is C13H26N2O3. The molecule has 0 aromatic heterocycles. The molecule has 0 saturated carbocycles. The second-order valence-corrected chi connectivity index (χ2v) is 4.77. The first-order chi connectivity index (χ1) is 8.69. The fraction of sp³-hybridized carbons (Fsp3) is 0.923. The van der Waals surface area contributed by atoms with Crippen molar-refractivity contribution in [1.82, 2.24) is 10.2 Å². The van der Waals surface area contributed by atoms with Crippen molar-refractivity contribution >= 4 is 5.91 Å². The minimum atomic E-state index is -0.268. The Morgan fingerprint density at radius 2 is 1.83 bits per heavy atom. The molecule has 1 unspecified atom stereocenters. The van der Waals surface area contributed by atoms with Gasteiger partial charge in [-0.15, -0.1) is 0 Å². The van der Waals surface area contributed by atoms with Gasteiger partial charge in [-0.3, -0.25) is 4.79 Å². The highest BCUT2D eigenvalue weighted by Gasteiger charge is 2.18. The number of nitrogens with one attached hydrogen (secondary N) is 1. The van der Waals surface area contributed by atoms with Gasteiger partial charge in [-0.25, -0.2) is 0 Å². The smallest absolute Gasteiger partial charge is 0.223 e. The Hall–Kier alpha value is -0.650. The average molecular weight is 258 g/mol. The van der Waals surface area contributed by atoms with Gasteiger partial charge in [0.2, 0.25) is 5.91 Å². The number of carbonyl (C=O) groups excluding carboxylic acids is 1. The minimum Gasteiger partial charge on any atom is -0.354 e. The van der Waals surface area contributed by atoms with Gasteiger partial charge in [0.25, 0.3) is 0 Å². The zero-order chi connectivity index (χ0) is 13.4. The number of hydrogen-bond donors (Lipinski definition) is 1. The van der Waals surface area contributed by atoms with Gasteiger partial charge >= 0.3 is 0 Å². The van der Waals surface area contributed by atoms with Crippen LogP contribution in [0.15, 0.2) is 0 Å². The standard InChI is InChI=1S/C13H26N2O3/c1-11(13(17-2)18-3)14-8-7-12(16)15-9-5-4-6-10-15/h11,13-14H,4-10H2,1-3H3. The summed E-state index contributed by atoms with van der Waals surface area (Å²) in [5, 5.41) is 3.26. The monoisotopic (exact) mass is 258 g/mol. The maximum absolute atomic E-state index is 11.9. The minimum absolute atomic E-state index is 0.0779.